The Balaban J connectivity index is 1.57. The fourth-order valence-electron chi connectivity index (χ4n) is 2.38. The second-order valence-corrected chi connectivity index (χ2v) is 7.28. The van der Waals surface area contributed by atoms with Crippen LogP contribution in [0.2, 0.25) is 0 Å². The van der Waals surface area contributed by atoms with E-state index in [0.717, 1.165) is 10.0 Å². The van der Waals surface area contributed by atoms with Gasteiger partial charge >= 0.3 is 6.61 Å². The highest BCUT2D eigenvalue weighted by molar-refractivity contribution is 9.10. The van der Waals surface area contributed by atoms with Crippen molar-refractivity contribution < 1.29 is 18.3 Å². The lowest BCUT2D eigenvalue weighted by Gasteiger charge is -2.14. The summed E-state index contributed by atoms with van der Waals surface area (Å²) in [6, 6.07) is 12.3. The summed E-state index contributed by atoms with van der Waals surface area (Å²) >= 11 is 8.62. The van der Waals surface area contributed by atoms with Gasteiger partial charge in [0.15, 0.2) is 11.8 Å². The van der Waals surface area contributed by atoms with Crippen molar-refractivity contribution in [1.82, 2.24) is 9.78 Å². The molecule has 3 rings (SSSR count). The molecule has 0 aliphatic heterocycles. The number of nitrogens with one attached hydrogen (secondary N) is 2. The summed E-state index contributed by atoms with van der Waals surface area (Å²) in [4.78, 5) is 0. The van der Waals surface area contributed by atoms with Crippen LogP contribution in [0.3, 0.4) is 0 Å². The van der Waals surface area contributed by atoms with Crippen molar-refractivity contribution in [2.75, 3.05) is 10.6 Å². The standard InChI is InChI=1S/C19H17BrF2N4O2S/c1-12-2-7-16(17(8-12)28-18(21)22)25-19(29)24-14-9-23-26(10-14)11-27-15-5-3-13(20)4-6-15/h2-10,18H,11H2,1H3,(H2,24,25,29). The van der Waals surface area contributed by atoms with Crippen molar-refractivity contribution in [2.45, 2.75) is 20.3 Å². The third kappa shape index (κ3) is 6.40. The van der Waals surface area contributed by atoms with E-state index in [9.17, 15) is 8.78 Å². The van der Waals surface area contributed by atoms with Crippen LogP contribution in [0.25, 0.3) is 0 Å². The molecule has 0 atom stereocenters. The number of ether oxygens (including phenoxy) is 2. The first-order valence-electron chi connectivity index (χ1n) is 8.43. The van der Waals surface area contributed by atoms with Crippen molar-refractivity contribution >= 4 is 44.6 Å². The van der Waals surface area contributed by atoms with E-state index in [4.69, 9.17) is 17.0 Å². The lowest BCUT2D eigenvalue weighted by atomic mass is 10.2. The van der Waals surface area contributed by atoms with Gasteiger partial charge in [-0.2, -0.15) is 13.9 Å². The summed E-state index contributed by atoms with van der Waals surface area (Å²) in [6.07, 6.45) is 3.28. The molecule has 29 heavy (non-hydrogen) atoms. The molecular weight excluding hydrogens is 466 g/mol. The van der Waals surface area contributed by atoms with Gasteiger partial charge in [-0.1, -0.05) is 22.0 Å². The Labute approximate surface area is 179 Å². The largest absolute Gasteiger partial charge is 0.471 e. The summed E-state index contributed by atoms with van der Waals surface area (Å²) < 4.78 is 38.0. The van der Waals surface area contributed by atoms with Crippen LogP contribution < -0.4 is 20.1 Å². The minimum atomic E-state index is -2.93. The second-order valence-electron chi connectivity index (χ2n) is 5.95. The average Bonchev–Trinajstić information content (AvgIpc) is 3.10. The SMILES string of the molecule is Cc1ccc(NC(=S)Nc2cnn(COc3ccc(Br)cc3)c2)c(OC(F)F)c1. The van der Waals surface area contributed by atoms with Gasteiger partial charge in [0.2, 0.25) is 0 Å². The molecule has 1 aromatic heterocycles. The van der Waals surface area contributed by atoms with Crippen LogP contribution in [0.15, 0.2) is 59.3 Å². The predicted molar refractivity (Wildman–Crippen MR) is 115 cm³/mol. The maximum atomic E-state index is 12.6. The smallest absolute Gasteiger partial charge is 0.387 e. The highest BCUT2D eigenvalue weighted by Crippen LogP contribution is 2.27. The summed E-state index contributed by atoms with van der Waals surface area (Å²) in [7, 11) is 0. The van der Waals surface area contributed by atoms with Gasteiger partial charge in [0.1, 0.15) is 11.5 Å². The Hall–Kier alpha value is -2.72. The predicted octanol–water partition coefficient (Wildman–Crippen LogP) is 5.40. The minimum Gasteiger partial charge on any atom is -0.471 e. The third-order valence-corrected chi connectivity index (χ3v) is 4.40. The molecule has 0 bridgehead atoms. The molecule has 2 N–H and O–H groups in total. The lowest BCUT2D eigenvalue weighted by Crippen LogP contribution is -2.19. The van der Waals surface area contributed by atoms with E-state index in [1.165, 1.54) is 6.07 Å². The molecule has 0 fully saturated rings. The molecule has 10 heteroatoms. The van der Waals surface area contributed by atoms with Gasteiger partial charge in [-0.15, -0.1) is 0 Å². The number of hydrogen-bond acceptors (Lipinski definition) is 4. The first-order chi connectivity index (χ1) is 13.9. The van der Waals surface area contributed by atoms with Crippen LogP contribution in [0.1, 0.15) is 5.56 Å². The molecule has 0 unspecified atom stereocenters. The normalized spacial score (nSPS) is 10.7. The lowest BCUT2D eigenvalue weighted by molar-refractivity contribution is -0.0493. The van der Waals surface area contributed by atoms with E-state index in [2.05, 4.69) is 36.4 Å². The average molecular weight is 483 g/mol. The Morgan fingerprint density at radius 1 is 1.21 bits per heavy atom. The number of hydrogen-bond donors (Lipinski definition) is 2. The molecule has 0 aliphatic rings. The van der Waals surface area contributed by atoms with Crippen LogP contribution in [-0.4, -0.2) is 21.5 Å². The number of nitrogens with zero attached hydrogens (tertiary/aromatic N) is 2. The van der Waals surface area contributed by atoms with Gasteiger partial charge in [0, 0.05) is 4.47 Å². The fourth-order valence-corrected chi connectivity index (χ4v) is 2.87. The van der Waals surface area contributed by atoms with Crippen LogP contribution in [0, 0.1) is 6.92 Å². The number of aryl methyl sites for hydroxylation is 1. The van der Waals surface area contributed by atoms with Crippen molar-refractivity contribution in [2.24, 2.45) is 0 Å². The Morgan fingerprint density at radius 3 is 2.69 bits per heavy atom. The highest BCUT2D eigenvalue weighted by atomic mass is 79.9. The zero-order valence-corrected chi connectivity index (χ0v) is 17.6. The Kier molecular flexibility index (Phi) is 6.99. The first-order valence-corrected chi connectivity index (χ1v) is 9.63. The summed E-state index contributed by atoms with van der Waals surface area (Å²) in [5.74, 6) is 0.726. The molecule has 152 valence electrons. The van der Waals surface area contributed by atoms with E-state index < -0.39 is 6.61 Å². The van der Waals surface area contributed by atoms with E-state index in [1.54, 1.807) is 36.1 Å². The van der Waals surface area contributed by atoms with E-state index in [-0.39, 0.29) is 17.6 Å². The fraction of sp³-hybridized carbons (Fsp3) is 0.158. The van der Waals surface area contributed by atoms with E-state index >= 15 is 0 Å². The van der Waals surface area contributed by atoms with Crippen LogP contribution in [0.5, 0.6) is 11.5 Å². The van der Waals surface area contributed by atoms with E-state index in [1.807, 2.05) is 24.3 Å². The summed E-state index contributed by atoms with van der Waals surface area (Å²) in [6.45, 7) is -0.931. The molecule has 0 saturated carbocycles. The molecule has 0 aliphatic carbocycles. The second kappa shape index (κ2) is 9.66. The first kappa shape index (κ1) is 21.0. The number of rotatable bonds is 7. The monoisotopic (exact) mass is 482 g/mol. The van der Waals surface area contributed by atoms with Gasteiger partial charge in [-0.05, 0) is 61.1 Å². The van der Waals surface area contributed by atoms with Gasteiger partial charge in [0.25, 0.3) is 0 Å². The number of alkyl halides is 2. The number of aromatic nitrogens is 2. The van der Waals surface area contributed by atoms with Crippen molar-refractivity contribution in [3.63, 3.8) is 0 Å². The maximum Gasteiger partial charge on any atom is 0.387 e. The molecule has 2 aromatic carbocycles. The van der Waals surface area contributed by atoms with Gasteiger partial charge in [0.05, 0.1) is 23.8 Å². The van der Waals surface area contributed by atoms with Crippen LogP contribution in [0.4, 0.5) is 20.2 Å². The number of anilines is 2. The van der Waals surface area contributed by atoms with Crippen molar-refractivity contribution in [3.05, 3.63) is 64.9 Å². The summed E-state index contributed by atoms with van der Waals surface area (Å²) in [5.41, 5.74) is 1.74. The molecule has 0 spiro atoms. The van der Waals surface area contributed by atoms with Crippen LogP contribution in [-0.2, 0) is 6.73 Å². The summed E-state index contributed by atoms with van der Waals surface area (Å²) in [5, 5.41) is 10.2. The van der Waals surface area contributed by atoms with E-state index in [0.29, 0.717) is 17.1 Å². The zero-order valence-electron chi connectivity index (χ0n) is 15.2. The number of benzene rings is 2. The maximum absolute atomic E-state index is 12.6. The highest BCUT2D eigenvalue weighted by Gasteiger charge is 2.11. The molecule has 3 aromatic rings. The van der Waals surface area contributed by atoms with Gasteiger partial charge < -0.3 is 20.1 Å². The minimum absolute atomic E-state index is 0.0164. The molecule has 1 heterocycles. The third-order valence-electron chi connectivity index (χ3n) is 3.67. The molecular formula is C19H17BrF2N4O2S. The molecule has 6 nitrogen and oxygen atoms in total. The molecule has 0 amide bonds. The Morgan fingerprint density at radius 2 is 1.97 bits per heavy atom. The van der Waals surface area contributed by atoms with Gasteiger partial charge in [-0.3, -0.25) is 0 Å². The topological polar surface area (TPSA) is 60.3 Å². The Bertz CT molecular complexity index is 983. The number of thiocarbonyl (C=S) groups is 1. The zero-order chi connectivity index (χ0) is 20.8. The van der Waals surface area contributed by atoms with Gasteiger partial charge in [-0.25, -0.2) is 4.68 Å². The molecule has 0 radical (unpaired) electrons. The van der Waals surface area contributed by atoms with Crippen LogP contribution >= 0.6 is 28.1 Å². The van der Waals surface area contributed by atoms with Crippen molar-refractivity contribution in [3.8, 4) is 11.5 Å². The number of halogens is 3. The van der Waals surface area contributed by atoms with Crippen molar-refractivity contribution in [1.29, 1.82) is 0 Å². The quantitative estimate of drug-likeness (QED) is 0.439. The molecule has 0 saturated heterocycles.